The van der Waals surface area contributed by atoms with Crippen LogP contribution >= 0.6 is 0 Å². The predicted octanol–water partition coefficient (Wildman–Crippen LogP) is 0.0476. The van der Waals surface area contributed by atoms with Gasteiger partial charge in [0.25, 0.3) is 5.91 Å². The van der Waals surface area contributed by atoms with Gasteiger partial charge in [-0.25, -0.2) is 9.78 Å². The average molecular weight is 275 g/mol. The summed E-state index contributed by atoms with van der Waals surface area (Å²) in [7, 11) is 0. The fourth-order valence-electron chi connectivity index (χ4n) is 1.62. The largest absolute Gasteiger partial charge is 0.479 e. The highest BCUT2D eigenvalue weighted by molar-refractivity contribution is 5.93. The molecule has 1 aromatic heterocycles. The number of nitrogens with one attached hydrogen (secondary N) is 1. The third kappa shape index (κ3) is 3.01. The molecule has 0 bridgehead atoms. The predicted molar refractivity (Wildman–Crippen MR) is 69.5 cm³/mol. The van der Waals surface area contributed by atoms with Crippen LogP contribution in [0.15, 0.2) is 42.9 Å². The lowest BCUT2D eigenvalue weighted by Crippen LogP contribution is -2.37. The van der Waals surface area contributed by atoms with E-state index in [1.54, 1.807) is 4.57 Å². The van der Waals surface area contributed by atoms with Crippen LogP contribution in [0, 0.1) is 0 Å². The summed E-state index contributed by atoms with van der Waals surface area (Å²) in [5, 5.41) is 20.0. The molecule has 1 unspecified atom stereocenters. The highest BCUT2D eigenvalue weighted by atomic mass is 16.4. The van der Waals surface area contributed by atoms with Crippen molar-refractivity contribution in [2.75, 3.05) is 6.54 Å². The first-order chi connectivity index (χ1) is 9.59. The van der Waals surface area contributed by atoms with Crippen LogP contribution in [0.1, 0.15) is 10.5 Å². The second kappa shape index (κ2) is 5.98. The number of carbonyl (C=O) groups excluding carboxylic acids is 1. The molecule has 1 aromatic carbocycles. The van der Waals surface area contributed by atoms with Gasteiger partial charge in [-0.2, -0.15) is 0 Å². The Kier molecular flexibility index (Phi) is 4.11. The van der Waals surface area contributed by atoms with Gasteiger partial charge in [-0.15, -0.1) is 0 Å². The number of carboxylic acid groups (broad SMARTS) is 1. The number of rotatable bonds is 5. The summed E-state index contributed by atoms with van der Waals surface area (Å²) in [5.41, 5.74) is 1.02. The van der Waals surface area contributed by atoms with E-state index < -0.39 is 18.0 Å². The standard InChI is InChI=1S/C13H13N3O4/c17-11(13(19)20)7-15-12(18)10-6-14-8-16(10)9-4-2-1-3-5-9/h1-6,8,11,17H,7H2,(H,15,18)(H,19,20). The normalized spacial score (nSPS) is 11.8. The highest BCUT2D eigenvalue weighted by Gasteiger charge is 2.17. The Balaban J connectivity index is 2.12. The molecule has 2 rings (SSSR count). The van der Waals surface area contributed by atoms with Gasteiger partial charge >= 0.3 is 5.97 Å². The average Bonchev–Trinajstić information content (AvgIpc) is 2.94. The highest BCUT2D eigenvalue weighted by Crippen LogP contribution is 2.10. The Hall–Kier alpha value is -2.67. The smallest absolute Gasteiger partial charge is 0.334 e. The number of benzene rings is 1. The molecule has 1 heterocycles. The van der Waals surface area contributed by atoms with Crippen molar-refractivity contribution in [1.82, 2.24) is 14.9 Å². The maximum absolute atomic E-state index is 12.0. The zero-order valence-electron chi connectivity index (χ0n) is 10.4. The fourth-order valence-corrected chi connectivity index (χ4v) is 1.62. The molecule has 0 saturated carbocycles. The molecular formula is C13H13N3O4. The van der Waals surface area contributed by atoms with Gasteiger partial charge in [0.15, 0.2) is 6.10 Å². The molecule has 2 aromatic rings. The van der Waals surface area contributed by atoms with Crippen LogP contribution in [0.4, 0.5) is 0 Å². The van der Waals surface area contributed by atoms with E-state index in [0.717, 1.165) is 5.69 Å². The van der Waals surface area contributed by atoms with Gasteiger partial charge in [0.05, 0.1) is 19.1 Å². The van der Waals surface area contributed by atoms with Gasteiger partial charge in [-0.1, -0.05) is 18.2 Å². The van der Waals surface area contributed by atoms with E-state index in [1.165, 1.54) is 12.5 Å². The fraction of sp³-hybridized carbons (Fsp3) is 0.154. The quantitative estimate of drug-likeness (QED) is 0.715. The monoisotopic (exact) mass is 275 g/mol. The number of carbonyl (C=O) groups is 2. The van der Waals surface area contributed by atoms with Crippen LogP contribution in [0.2, 0.25) is 0 Å². The van der Waals surface area contributed by atoms with Gasteiger partial charge in [-0.3, -0.25) is 9.36 Å². The van der Waals surface area contributed by atoms with Crippen LogP contribution in [-0.2, 0) is 4.79 Å². The lowest BCUT2D eigenvalue weighted by molar-refractivity contribution is -0.146. The summed E-state index contributed by atoms with van der Waals surface area (Å²) in [6.07, 6.45) is 1.22. The molecule has 0 aliphatic carbocycles. The molecule has 7 heteroatoms. The van der Waals surface area contributed by atoms with E-state index in [4.69, 9.17) is 10.2 Å². The maximum Gasteiger partial charge on any atom is 0.334 e. The zero-order valence-corrected chi connectivity index (χ0v) is 10.4. The third-order valence-corrected chi connectivity index (χ3v) is 2.65. The molecule has 0 aliphatic heterocycles. The number of aliphatic hydroxyl groups excluding tert-OH is 1. The van der Waals surface area contributed by atoms with Gasteiger partial charge in [0.1, 0.15) is 5.69 Å². The number of nitrogens with zero attached hydrogens (tertiary/aromatic N) is 2. The molecule has 1 amide bonds. The molecule has 3 N–H and O–H groups in total. The Labute approximate surface area is 114 Å². The molecule has 7 nitrogen and oxygen atoms in total. The number of hydrogen-bond acceptors (Lipinski definition) is 4. The molecule has 0 aliphatic rings. The number of carboxylic acids is 1. The Morgan fingerprint density at radius 2 is 2.00 bits per heavy atom. The summed E-state index contributed by atoms with van der Waals surface area (Å²) in [6.45, 7) is -0.367. The Morgan fingerprint density at radius 1 is 1.30 bits per heavy atom. The summed E-state index contributed by atoms with van der Waals surface area (Å²) >= 11 is 0. The van der Waals surface area contributed by atoms with Crippen molar-refractivity contribution in [2.45, 2.75) is 6.10 Å². The number of aliphatic hydroxyl groups is 1. The van der Waals surface area contributed by atoms with E-state index >= 15 is 0 Å². The van der Waals surface area contributed by atoms with E-state index in [0.29, 0.717) is 0 Å². The minimum atomic E-state index is -1.63. The summed E-state index contributed by atoms with van der Waals surface area (Å²) in [5.74, 6) is -1.89. The lowest BCUT2D eigenvalue weighted by atomic mass is 10.3. The van der Waals surface area contributed by atoms with Crippen molar-refractivity contribution < 1.29 is 19.8 Å². The van der Waals surface area contributed by atoms with Crippen molar-refractivity contribution in [1.29, 1.82) is 0 Å². The minimum absolute atomic E-state index is 0.258. The van der Waals surface area contributed by atoms with Crippen molar-refractivity contribution in [2.24, 2.45) is 0 Å². The van der Waals surface area contributed by atoms with E-state index in [2.05, 4.69) is 10.3 Å². The van der Waals surface area contributed by atoms with Gasteiger partial charge < -0.3 is 15.5 Å². The van der Waals surface area contributed by atoms with E-state index in [1.807, 2.05) is 30.3 Å². The van der Waals surface area contributed by atoms with Crippen LogP contribution in [0.5, 0.6) is 0 Å². The van der Waals surface area contributed by atoms with Crippen molar-refractivity contribution in [3.63, 3.8) is 0 Å². The summed E-state index contributed by atoms with van der Waals surface area (Å²) < 4.78 is 1.57. The Morgan fingerprint density at radius 3 is 2.65 bits per heavy atom. The molecule has 20 heavy (non-hydrogen) atoms. The molecule has 104 valence electrons. The number of hydrogen-bond donors (Lipinski definition) is 3. The van der Waals surface area contributed by atoms with Crippen LogP contribution in [0.25, 0.3) is 5.69 Å². The zero-order chi connectivity index (χ0) is 14.5. The van der Waals surface area contributed by atoms with Crippen molar-refractivity contribution >= 4 is 11.9 Å². The maximum atomic E-state index is 12.0. The minimum Gasteiger partial charge on any atom is -0.479 e. The van der Waals surface area contributed by atoms with Crippen molar-refractivity contribution in [3.05, 3.63) is 48.5 Å². The first-order valence-corrected chi connectivity index (χ1v) is 5.86. The lowest BCUT2D eigenvalue weighted by Gasteiger charge is -2.10. The molecule has 0 radical (unpaired) electrons. The van der Waals surface area contributed by atoms with Gasteiger partial charge in [-0.05, 0) is 12.1 Å². The summed E-state index contributed by atoms with van der Waals surface area (Å²) in [6, 6.07) is 9.12. The van der Waals surface area contributed by atoms with Gasteiger partial charge in [0, 0.05) is 5.69 Å². The van der Waals surface area contributed by atoms with E-state index in [9.17, 15) is 9.59 Å². The summed E-state index contributed by atoms with van der Waals surface area (Å²) in [4.78, 5) is 26.3. The molecular weight excluding hydrogens is 262 g/mol. The first kappa shape index (κ1) is 13.8. The molecule has 0 saturated heterocycles. The number of imidazole rings is 1. The molecule has 1 atom stereocenters. The van der Waals surface area contributed by atoms with Crippen molar-refractivity contribution in [3.8, 4) is 5.69 Å². The second-order valence-electron chi connectivity index (χ2n) is 4.05. The number of para-hydroxylation sites is 1. The van der Waals surface area contributed by atoms with Gasteiger partial charge in [0.2, 0.25) is 0 Å². The van der Waals surface area contributed by atoms with Crippen LogP contribution < -0.4 is 5.32 Å². The Bertz CT molecular complexity index is 609. The topological polar surface area (TPSA) is 104 Å². The number of amides is 1. The van der Waals surface area contributed by atoms with E-state index in [-0.39, 0.29) is 12.2 Å². The first-order valence-electron chi connectivity index (χ1n) is 5.86. The molecule has 0 fully saturated rings. The SMILES string of the molecule is O=C(NCC(O)C(=O)O)c1cncn1-c1ccccc1. The van der Waals surface area contributed by atoms with Crippen LogP contribution in [0.3, 0.4) is 0 Å². The number of aromatic nitrogens is 2. The molecule has 0 spiro atoms. The third-order valence-electron chi connectivity index (χ3n) is 2.65. The number of aliphatic carboxylic acids is 1. The van der Waals surface area contributed by atoms with Crippen LogP contribution in [-0.4, -0.2) is 44.3 Å². The second-order valence-corrected chi connectivity index (χ2v) is 4.05.